The van der Waals surface area contributed by atoms with Gasteiger partial charge in [-0.3, -0.25) is 19.3 Å². The summed E-state index contributed by atoms with van der Waals surface area (Å²) in [6, 6.07) is 6.89. The van der Waals surface area contributed by atoms with Gasteiger partial charge >= 0.3 is 12.1 Å². The molecule has 1 aromatic rings. The number of hydrogen-bond acceptors (Lipinski definition) is 6. The van der Waals surface area contributed by atoms with E-state index in [1.165, 1.54) is 4.90 Å². The first-order chi connectivity index (χ1) is 15.1. The molecule has 1 heterocycles. The number of likely N-dealkylation sites (tertiary alicyclic amines) is 1. The Balaban J connectivity index is 2.03. The van der Waals surface area contributed by atoms with Crippen LogP contribution in [0.5, 0.6) is 0 Å². The summed E-state index contributed by atoms with van der Waals surface area (Å²) in [7, 11) is 0. The molecule has 0 aliphatic carbocycles. The lowest BCUT2D eigenvalue weighted by molar-refractivity contribution is -0.156. The number of nitrogens with zero attached hydrogens (tertiary/aromatic N) is 1. The second-order valence-electron chi connectivity index (χ2n) is 8.70. The molecule has 32 heavy (non-hydrogen) atoms. The Morgan fingerprint density at radius 3 is 2.47 bits per heavy atom. The van der Waals surface area contributed by atoms with Gasteiger partial charge in [0.25, 0.3) is 0 Å². The molecule has 0 spiro atoms. The van der Waals surface area contributed by atoms with E-state index in [2.05, 4.69) is 5.32 Å². The van der Waals surface area contributed by atoms with E-state index < -0.39 is 54.5 Å². The quantitative estimate of drug-likeness (QED) is 0.611. The van der Waals surface area contributed by atoms with E-state index in [1.807, 2.05) is 30.3 Å². The van der Waals surface area contributed by atoms with E-state index >= 15 is 0 Å². The maximum Gasteiger partial charge on any atom is 0.410 e. The number of benzene rings is 1. The number of ketones is 1. The Bertz CT molecular complexity index is 808. The van der Waals surface area contributed by atoms with Crippen molar-refractivity contribution in [2.75, 3.05) is 13.2 Å². The molecule has 1 aromatic carbocycles. The molecule has 0 aromatic heterocycles. The summed E-state index contributed by atoms with van der Waals surface area (Å²) in [4.78, 5) is 50.9. The third-order valence-electron chi connectivity index (χ3n) is 4.87. The summed E-state index contributed by atoms with van der Waals surface area (Å²) in [6.07, 6.45) is 0.643. The summed E-state index contributed by atoms with van der Waals surface area (Å²) in [5.74, 6) is -2.29. The third kappa shape index (κ3) is 7.94. The predicted octanol–water partition coefficient (Wildman–Crippen LogP) is 2.93. The van der Waals surface area contributed by atoms with Gasteiger partial charge in [-0.1, -0.05) is 30.3 Å². The number of esters is 1. The number of rotatable bonds is 8. The maximum atomic E-state index is 13.0. The van der Waals surface area contributed by atoms with E-state index in [1.54, 1.807) is 20.8 Å². The van der Waals surface area contributed by atoms with Crippen LogP contribution in [0.3, 0.4) is 0 Å². The van der Waals surface area contributed by atoms with Crippen LogP contribution in [0.2, 0.25) is 0 Å². The zero-order valence-corrected chi connectivity index (χ0v) is 18.8. The highest BCUT2D eigenvalue weighted by atomic mass is 19.1. The molecule has 176 valence electrons. The van der Waals surface area contributed by atoms with Gasteiger partial charge in [0, 0.05) is 6.54 Å². The molecule has 2 rings (SSSR count). The van der Waals surface area contributed by atoms with E-state index in [0.29, 0.717) is 25.8 Å². The largest absolute Gasteiger partial charge is 0.460 e. The SMILES string of the molecule is CC(C)(C)OC(=O)CC(NC(=O)C1CCCCN1C(=O)OCc1ccccc1)C(=O)CF. The number of hydrogen-bond donors (Lipinski definition) is 1. The van der Waals surface area contributed by atoms with Crippen LogP contribution in [0.4, 0.5) is 9.18 Å². The smallest absolute Gasteiger partial charge is 0.410 e. The number of Topliss-reactive ketones (excluding diaryl/α,β-unsaturated/α-hetero) is 1. The third-order valence-corrected chi connectivity index (χ3v) is 4.87. The highest BCUT2D eigenvalue weighted by Gasteiger charge is 2.36. The van der Waals surface area contributed by atoms with Gasteiger partial charge < -0.3 is 14.8 Å². The van der Waals surface area contributed by atoms with Gasteiger partial charge in [0.05, 0.1) is 6.42 Å². The Morgan fingerprint density at radius 2 is 1.84 bits per heavy atom. The van der Waals surface area contributed by atoms with E-state index in [4.69, 9.17) is 9.47 Å². The van der Waals surface area contributed by atoms with Crippen molar-refractivity contribution in [3.8, 4) is 0 Å². The standard InChI is InChI=1S/C23H31FN2O6/c1-23(2,3)32-20(28)13-17(19(27)14-24)25-21(29)18-11-7-8-12-26(18)22(30)31-15-16-9-5-4-6-10-16/h4-6,9-10,17-18H,7-8,11-15H2,1-3H3,(H,25,29). The second-order valence-corrected chi connectivity index (χ2v) is 8.70. The van der Waals surface area contributed by atoms with Crippen molar-refractivity contribution in [2.24, 2.45) is 0 Å². The van der Waals surface area contributed by atoms with Crippen LogP contribution < -0.4 is 5.32 Å². The molecule has 8 nitrogen and oxygen atoms in total. The molecule has 1 saturated heterocycles. The van der Waals surface area contributed by atoms with E-state index in [-0.39, 0.29) is 6.61 Å². The summed E-state index contributed by atoms with van der Waals surface area (Å²) in [6.45, 7) is 4.04. The monoisotopic (exact) mass is 450 g/mol. The minimum absolute atomic E-state index is 0.0616. The molecule has 2 amide bonds. The van der Waals surface area contributed by atoms with Crippen molar-refractivity contribution in [3.63, 3.8) is 0 Å². The van der Waals surface area contributed by atoms with Crippen LogP contribution in [-0.2, 0) is 30.5 Å². The average molecular weight is 451 g/mol. The molecule has 1 N–H and O–H groups in total. The van der Waals surface area contributed by atoms with Gasteiger partial charge in [-0.25, -0.2) is 9.18 Å². The Morgan fingerprint density at radius 1 is 1.16 bits per heavy atom. The first-order valence-corrected chi connectivity index (χ1v) is 10.7. The Kier molecular flexibility index (Phi) is 9.16. The Hall–Kier alpha value is -2.97. The zero-order valence-electron chi connectivity index (χ0n) is 18.8. The molecule has 2 unspecified atom stereocenters. The van der Waals surface area contributed by atoms with Gasteiger partial charge in [0.15, 0.2) is 5.78 Å². The Labute approximate surface area is 187 Å². The number of carbonyl (C=O) groups excluding carboxylic acids is 4. The normalized spacial score (nSPS) is 17.2. The van der Waals surface area contributed by atoms with Crippen molar-refractivity contribution in [1.29, 1.82) is 0 Å². The predicted molar refractivity (Wildman–Crippen MR) is 114 cm³/mol. The van der Waals surface area contributed by atoms with Gasteiger partial charge in [0.1, 0.15) is 31.0 Å². The van der Waals surface area contributed by atoms with E-state index in [9.17, 15) is 23.6 Å². The van der Waals surface area contributed by atoms with Crippen molar-refractivity contribution in [1.82, 2.24) is 10.2 Å². The molecular formula is C23H31FN2O6. The number of halogens is 1. The maximum absolute atomic E-state index is 13.0. The van der Waals surface area contributed by atoms with Gasteiger partial charge in [-0.15, -0.1) is 0 Å². The molecule has 0 radical (unpaired) electrons. The lowest BCUT2D eigenvalue weighted by atomic mass is 10.0. The zero-order chi connectivity index (χ0) is 23.7. The fraction of sp³-hybridized carbons (Fsp3) is 0.565. The summed E-state index contributed by atoms with van der Waals surface area (Å²) >= 11 is 0. The second kappa shape index (κ2) is 11.6. The lowest BCUT2D eigenvalue weighted by Gasteiger charge is -2.34. The van der Waals surface area contributed by atoms with Crippen LogP contribution in [-0.4, -0.2) is 59.6 Å². The fourth-order valence-electron chi connectivity index (χ4n) is 3.38. The number of ether oxygens (including phenoxy) is 2. The number of carbonyl (C=O) groups is 4. The van der Waals surface area contributed by atoms with Crippen LogP contribution >= 0.6 is 0 Å². The van der Waals surface area contributed by atoms with Crippen LogP contribution in [0, 0.1) is 0 Å². The number of piperidine rings is 1. The van der Waals surface area contributed by atoms with Crippen LogP contribution in [0.15, 0.2) is 30.3 Å². The van der Waals surface area contributed by atoms with Crippen LogP contribution in [0.1, 0.15) is 52.0 Å². The van der Waals surface area contributed by atoms with Gasteiger partial charge in [-0.05, 0) is 45.6 Å². The number of alkyl halides is 1. The topological polar surface area (TPSA) is 102 Å². The van der Waals surface area contributed by atoms with E-state index in [0.717, 1.165) is 5.56 Å². The molecule has 2 atom stereocenters. The summed E-state index contributed by atoms with van der Waals surface area (Å²) < 4.78 is 23.6. The molecule has 1 fully saturated rings. The minimum atomic E-state index is -1.37. The summed E-state index contributed by atoms with van der Waals surface area (Å²) in [5, 5.41) is 2.43. The van der Waals surface area contributed by atoms with Crippen molar-refractivity contribution in [3.05, 3.63) is 35.9 Å². The average Bonchev–Trinajstić information content (AvgIpc) is 2.75. The highest BCUT2D eigenvalue weighted by molar-refractivity contribution is 5.95. The van der Waals surface area contributed by atoms with Gasteiger partial charge in [-0.2, -0.15) is 0 Å². The molecular weight excluding hydrogens is 419 g/mol. The number of nitrogens with one attached hydrogen (secondary N) is 1. The first kappa shape index (κ1) is 25.3. The molecule has 1 aliphatic heterocycles. The lowest BCUT2D eigenvalue weighted by Crippen LogP contribution is -2.55. The molecule has 9 heteroatoms. The van der Waals surface area contributed by atoms with Crippen molar-refractivity contribution in [2.45, 2.75) is 70.7 Å². The van der Waals surface area contributed by atoms with Crippen molar-refractivity contribution < 1.29 is 33.0 Å². The first-order valence-electron chi connectivity index (χ1n) is 10.7. The molecule has 0 bridgehead atoms. The fourth-order valence-corrected chi connectivity index (χ4v) is 3.38. The molecule has 0 saturated carbocycles. The van der Waals surface area contributed by atoms with Crippen molar-refractivity contribution >= 4 is 23.8 Å². The number of amides is 2. The highest BCUT2D eigenvalue weighted by Crippen LogP contribution is 2.19. The van der Waals surface area contributed by atoms with Crippen LogP contribution in [0.25, 0.3) is 0 Å². The minimum Gasteiger partial charge on any atom is -0.460 e. The summed E-state index contributed by atoms with van der Waals surface area (Å²) in [5.41, 5.74) is 0.0254. The molecule has 1 aliphatic rings. The van der Waals surface area contributed by atoms with Gasteiger partial charge in [0.2, 0.25) is 5.91 Å².